The number of aryl methyl sites for hydroxylation is 1. The average molecular weight is 478 g/mol. The minimum atomic E-state index is -0.708. The number of amides is 2. The SMILES string of the molecule is Cn1cc(CC(NC(=O)OC(C)(C)C)C(=O)N2CCN(Cc3cccnc3)CC2)c2ccccc21. The Kier molecular flexibility index (Phi) is 7.40. The fourth-order valence-electron chi connectivity index (χ4n) is 4.55. The van der Waals surface area contributed by atoms with E-state index in [4.69, 9.17) is 4.74 Å². The Bertz CT molecular complexity index is 1160. The zero-order chi connectivity index (χ0) is 25.0. The van der Waals surface area contributed by atoms with Gasteiger partial charge >= 0.3 is 6.09 Å². The van der Waals surface area contributed by atoms with Crippen molar-refractivity contribution in [2.75, 3.05) is 26.2 Å². The van der Waals surface area contributed by atoms with Crippen LogP contribution in [0.1, 0.15) is 31.9 Å². The average Bonchev–Trinajstić information content (AvgIpc) is 3.13. The molecule has 2 amide bonds. The van der Waals surface area contributed by atoms with Crippen LogP contribution in [0.15, 0.2) is 55.0 Å². The molecule has 1 aromatic carbocycles. The maximum absolute atomic E-state index is 13.6. The Balaban J connectivity index is 1.47. The molecular formula is C27H35N5O3. The van der Waals surface area contributed by atoms with Crippen LogP contribution >= 0.6 is 0 Å². The van der Waals surface area contributed by atoms with E-state index in [2.05, 4.69) is 38.0 Å². The van der Waals surface area contributed by atoms with Crippen molar-refractivity contribution in [3.8, 4) is 0 Å². The summed E-state index contributed by atoms with van der Waals surface area (Å²) in [6, 6.07) is 11.4. The van der Waals surface area contributed by atoms with E-state index in [1.165, 1.54) is 0 Å². The standard InChI is InChI=1S/C27H35N5O3/c1-27(2,3)35-26(34)29-23(16-21-19-30(4)24-10-6-5-9-22(21)24)25(33)32-14-12-31(13-15-32)18-20-8-7-11-28-17-20/h5-11,17,19,23H,12-16,18H2,1-4H3,(H,29,34). The van der Waals surface area contributed by atoms with Crippen LogP contribution in [0.25, 0.3) is 10.9 Å². The van der Waals surface area contributed by atoms with Crippen LogP contribution in [0.3, 0.4) is 0 Å². The van der Waals surface area contributed by atoms with Crippen LogP contribution < -0.4 is 5.32 Å². The Morgan fingerprint density at radius 1 is 1.09 bits per heavy atom. The van der Waals surface area contributed by atoms with E-state index in [0.717, 1.165) is 41.7 Å². The van der Waals surface area contributed by atoms with Crippen molar-refractivity contribution in [1.82, 2.24) is 24.7 Å². The number of benzene rings is 1. The Morgan fingerprint density at radius 2 is 1.83 bits per heavy atom. The van der Waals surface area contributed by atoms with Crippen molar-refractivity contribution in [3.63, 3.8) is 0 Å². The summed E-state index contributed by atoms with van der Waals surface area (Å²) in [4.78, 5) is 34.6. The highest BCUT2D eigenvalue weighted by Gasteiger charge is 2.31. The second-order valence-corrected chi connectivity index (χ2v) is 10.1. The number of pyridine rings is 1. The van der Waals surface area contributed by atoms with Gasteiger partial charge in [-0.3, -0.25) is 14.7 Å². The number of alkyl carbamates (subject to hydrolysis) is 1. The molecule has 3 heterocycles. The molecule has 8 heteroatoms. The molecule has 1 aliphatic rings. The molecule has 1 saturated heterocycles. The molecule has 0 saturated carbocycles. The van der Waals surface area contributed by atoms with Crippen molar-refractivity contribution < 1.29 is 14.3 Å². The first-order valence-corrected chi connectivity index (χ1v) is 12.1. The number of fused-ring (bicyclic) bond motifs is 1. The lowest BCUT2D eigenvalue weighted by atomic mass is 10.0. The monoisotopic (exact) mass is 477 g/mol. The minimum Gasteiger partial charge on any atom is -0.444 e. The highest BCUT2D eigenvalue weighted by molar-refractivity contribution is 5.88. The van der Waals surface area contributed by atoms with Gasteiger partial charge in [0.25, 0.3) is 0 Å². The van der Waals surface area contributed by atoms with Crippen LogP contribution in [0.2, 0.25) is 0 Å². The summed E-state index contributed by atoms with van der Waals surface area (Å²) < 4.78 is 7.53. The van der Waals surface area contributed by atoms with Crippen molar-refractivity contribution >= 4 is 22.9 Å². The first-order valence-electron chi connectivity index (χ1n) is 12.1. The van der Waals surface area contributed by atoms with Crippen molar-refractivity contribution in [2.24, 2.45) is 7.05 Å². The fourth-order valence-corrected chi connectivity index (χ4v) is 4.55. The zero-order valence-corrected chi connectivity index (χ0v) is 21.0. The normalized spacial score (nSPS) is 15.7. The molecular weight excluding hydrogens is 442 g/mol. The van der Waals surface area contributed by atoms with E-state index in [-0.39, 0.29) is 5.91 Å². The maximum atomic E-state index is 13.6. The molecule has 1 atom stereocenters. The quantitative estimate of drug-likeness (QED) is 0.589. The van der Waals surface area contributed by atoms with E-state index in [0.29, 0.717) is 19.5 Å². The van der Waals surface area contributed by atoms with Crippen LogP contribution in [0.5, 0.6) is 0 Å². The Morgan fingerprint density at radius 3 is 2.51 bits per heavy atom. The summed E-state index contributed by atoms with van der Waals surface area (Å²) in [5.41, 5.74) is 2.63. The molecule has 1 aliphatic heterocycles. The van der Waals surface area contributed by atoms with Crippen LogP contribution in [-0.4, -0.2) is 69.2 Å². The van der Waals surface area contributed by atoms with E-state index < -0.39 is 17.7 Å². The molecule has 186 valence electrons. The van der Waals surface area contributed by atoms with Crippen molar-refractivity contribution in [3.05, 3.63) is 66.1 Å². The second-order valence-electron chi connectivity index (χ2n) is 10.1. The van der Waals surface area contributed by atoms with Gasteiger partial charge in [-0.15, -0.1) is 0 Å². The van der Waals surface area contributed by atoms with Crippen molar-refractivity contribution in [1.29, 1.82) is 0 Å². The molecule has 4 rings (SSSR count). The number of hydrogen-bond acceptors (Lipinski definition) is 5. The molecule has 0 spiro atoms. The number of nitrogens with zero attached hydrogens (tertiary/aromatic N) is 4. The smallest absolute Gasteiger partial charge is 0.408 e. The molecule has 3 aromatic rings. The molecule has 1 unspecified atom stereocenters. The number of carbonyl (C=O) groups is 2. The maximum Gasteiger partial charge on any atom is 0.408 e. The predicted molar refractivity (Wildman–Crippen MR) is 136 cm³/mol. The highest BCUT2D eigenvalue weighted by Crippen LogP contribution is 2.22. The van der Waals surface area contributed by atoms with E-state index in [1.54, 1.807) is 6.20 Å². The molecule has 0 radical (unpaired) electrons. The minimum absolute atomic E-state index is 0.0789. The lowest BCUT2D eigenvalue weighted by molar-refractivity contribution is -0.135. The van der Waals surface area contributed by atoms with Gasteiger partial charge in [-0.2, -0.15) is 0 Å². The third-order valence-electron chi connectivity index (χ3n) is 6.21. The van der Waals surface area contributed by atoms with E-state index in [9.17, 15) is 9.59 Å². The molecule has 2 aromatic heterocycles. The van der Waals surface area contributed by atoms with Crippen molar-refractivity contribution in [2.45, 2.75) is 45.4 Å². The number of ether oxygens (including phenoxy) is 1. The van der Waals surface area contributed by atoms with Gasteiger partial charge in [0.05, 0.1) is 0 Å². The number of nitrogens with one attached hydrogen (secondary N) is 1. The summed E-state index contributed by atoms with van der Waals surface area (Å²) in [5.74, 6) is -0.0789. The summed E-state index contributed by atoms with van der Waals surface area (Å²) in [6.07, 6.45) is 5.51. The lowest BCUT2D eigenvalue weighted by Gasteiger charge is -2.36. The van der Waals surface area contributed by atoms with Gasteiger partial charge in [0.15, 0.2) is 0 Å². The fraction of sp³-hybridized carbons (Fsp3) is 0.444. The molecule has 35 heavy (non-hydrogen) atoms. The lowest BCUT2D eigenvalue weighted by Crippen LogP contribution is -2.55. The summed E-state index contributed by atoms with van der Waals surface area (Å²) in [5, 5.41) is 3.94. The topological polar surface area (TPSA) is 79.7 Å². The summed E-state index contributed by atoms with van der Waals surface area (Å²) in [6.45, 7) is 9.02. The van der Waals surface area contributed by atoms with E-state index >= 15 is 0 Å². The van der Waals surface area contributed by atoms with Gasteiger partial charge in [-0.05, 0) is 44.0 Å². The molecule has 1 N–H and O–H groups in total. The number of carbonyl (C=O) groups excluding carboxylic acids is 2. The number of aromatic nitrogens is 2. The third kappa shape index (κ3) is 6.39. The van der Waals surface area contributed by atoms with Gasteiger partial charge in [0.2, 0.25) is 5.91 Å². The van der Waals surface area contributed by atoms with E-state index in [1.807, 2.05) is 63.3 Å². The number of para-hydroxylation sites is 1. The summed E-state index contributed by atoms with van der Waals surface area (Å²) >= 11 is 0. The Labute approximate surface area is 206 Å². The number of hydrogen-bond donors (Lipinski definition) is 1. The number of piperazine rings is 1. The van der Waals surface area contributed by atoms with Crippen LogP contribution in [-0.2, 0) is 29.5 Å². The van der Waals surface area contributed by atoms with Gasteiger partial charge in [-0.1, -0.05) is 24.3 Å². The summed E-state index contributed by atoms with van der Waals surface area (Å²) in [7, 11) is 1.99. The van der Waals surface area contributed by atoms with Gasteiger partial charge in [0, 0.05) is 75.7 Å². The number of rotatable bonds is 6. The molecule has 8 nitrogen and oxygen atoms in total. The zero-order valence-electron chi connectivity index (χ0n) is 21.0. The molecule has 0 aliphatic carbocycles. The first kappa shape index (κ1) is 24.7. The van der Waals surface area contributed by atoms with Gasteiger partial charge in [-0.25, -0.2) is 4.79 Å². The van der Waals surface area contributed by atoms with Crippen LogP contribution in [0.4, 0.5) is 4.79 Å². The van der Waals surface area contributed by atoms with Crippen LogP contribution in [0, 0.1) is 0 Å². The van der Waals surface area contributed by atoms with Gasteiger partial charge < -0.3 is 19.5 Å². The molecule has 1 fully saturated rings. The first-order chi connectivity index (χ1) is 16.7. The van der Waals surface area contributed by atoms with Gasteiger partial charge in [0.1, 0.15) is 11.6 Å². The second kappa shape index (κ2) is 10.5. The largest absolute Gasteiger partial charge is 0.444 e. The third-order valence-corrected chi connectivity index (χ3v) is 6.21. The highest BCUT2D eigenvalue weighted by atomic mass is 16.6. The molecule has 0 bridgehead atoms. The Hall–Kier alpha value is -3.39. The predicted octanol–water partition coefficient (Wildman–Crippen LogP) is 3.35.